The first-order valence-electron chi connectivity index (χ1n) is 10.7. The highest BCUT2D eigenvalue weighted by molar-refractivity contribution is 5.09. The molecule has 0 amide bonds. The van der Waals surface area contributed by atoms with E-state index >= 15 is 0 Å². The van der Waals surface area contributed by atoms with Crippen LogP contribution in [0, 0.1) is 23.7 Å². The second-order valence-electron chi connectivity index (χ2n) is 9.19. The van der Waals surface area contributed by atoms with Crippen LogP contribution in [0.1, 0.15) is 46.5 Å². The maximum absolute atomic E-state index is 10.1. The Labute approximate surface area is 166 Å². The van der Waals surface area contributed by atoms with Gasteiger partial charge in [-0.3, -0.25) is 0 Å². The lowest BCUT2D eigenvalue weighted by Gasteiger charge is -2.60. The summed E-state index contributed by atoms with van der Waals surface area (Å²) in [6.07, 6.45) is 2.29. The summed E-state index contributed by atoms with van der Waals surface area (Å²) in [6, 6.07) is 0. The first-order chi connectivity index (χ1) is 13.4. The van der Waals surface area contributed by atoms with Crippen molar-refractivity contribution in [2.45, 2.75) is 76.5 Å². The standard InChI is InChI=1S/C20H35NO7/c1-12-4-5-16-13(2)17(24-11-14(23)10-21-8-9-22)25-18-20(16)15(12)6-7-19(3,26-18)27-28-20/h12-18,21-23H,4-11H2,1-3H3/t12-,13-,14?,15+,16+,17?,18-,19+,20-/m1/s1. The Bertz CT molecular complexity index is 551. The number of rotatable bonds is 7. The van der Waals surface area contributed by atoms with E-state index in [4.69, 9.17) is 29.1 Å². The van der Waals surface area contributed by atoms with Crippen molar-refractivity contribution in [2.24, 2.45) is 23.7 Å². The molecule has 5 aliphatic rings. The summed E-state index contributed by atoms with van der Waals surface area (Å²) in [6.45, 7) is 7.34. The predicted molar refractivity (Wildman–Crippen MR) is 98.7 cm³/mol. The molecule has 8 nitrogen and oxygen atoms in total. The van der Waals surface area contributed by atoms with Gasteiger partial charge in [-0.05, 0) is 38.0 Å². The lowest BCUT2D eigenvalue weighted by Crippen LogP contribution is -2.70. The number of aliphatic hydroxyl groups excluding tert-OH is 2. The van der Waals surface area contributed by atoms with Gasteiger partial charge in [-0.15, -0.1) is 0 Å². The Morgan fingerprint density at radius 1 is 1.18 bits per heavy atom. The molecule has 1 spiro atoms. The monoisotopic (exact) mass is 401 g/mol. The van der Waals surface area contributed by atoms with Crippen LogP contribution < -0.4 is 5.32 Å². The number of nitrogens with one attached hydrogen (secondary N) is 1. The summed E-state index contributed by atoms with van der Waals surface area (Å²) < 4.78 is 18.6. The Kier molecular flexibility index (Phi) is 6.04. The largest absolute Gasteiger partial charge is 0.395 e. The average Bonchev–Trinajstić information content (AvgIpc) is 2.90. The van der Waals surface area contributed by atoms with Gasteiger partial charge in [0, 0.05) is 31.3 Å². The quantitative estimate of drug-likeness (QED) is 0.432. The average molecular weight is 402 g/mol. The van der Waals surface area contributed by atoms with Crippen molar-refractivity contribution in [3.63, 3.8) is 0 Å². The first kappa shape index (κ1) is 20.9. The molecule has 3 N–H and O–H groups in total. The van der Waals surface area contributed by atoms with E-state index in [1.807, 2.05) is 6.92 Å². The highest BCUT2D eigenvalue weighted by Crippen LogP contribution is 2.60. The molecule has 0 aromatic rings. The zero-order valence-corrected chi connectivity index (χ0v) is 17.1. The molecule has 4 aliphatic heterocycles. The van der Waals surface area contributed by atoms with Crippen molar-refractivity contribution >= 4 is 0 Å². The molecule has 1 aliphatic carbocycles. The van der Waals surface area contributed by atoms with Gasteiger partial charge in [-0.2, -0.15) is 0 Å². The SMILES string of the molecule is C[C@@H]1CC[C@H]2[C@@H](C)C(OCC(O)CNCCO)O[C@@H]3O[C@]4(C)CC[C@@H]1[C@]32OO4. The van der Waals surface area contributed by atoms with E-state index in [0.29, 0.717) is 24.9 Å². The van der Waals surface area contributed by atoms with Crippen molar-refractivity contribution in [1.29, 1.82) is 0 Å². The van der Waals surface area contributed by atoms with Gasteiger partial charge in [0.15, 0.2) is 18.2 Å². The third-order valence-corrected chi connectivity index (χ3v) is 7.22. The summed E-state index contributed by atoms with van der Waals surface area (Å²) in [5, 5.41) is 21.9. The highest BCUT2D eigenvalue weighted by atomic mass is 17.3. The third kappa shape index (κ3) is 3.52. The van der Waals surface area contributed by atoms with E-state index in [1.54, 1.807) is 0 Å². The molecule has 8 heteroatoms. The van der Waals surface area contributed by atoms with Gasteiger partial charge in [0.25, 0.3) is 0 Å². The number of ether oxygens (including phenoxy) is 3. The molecule has 0 radical (unpaired) electrons. The number of fused-ring (bicyclic) bond motifs is 2. The van der Waals surface area contributed by atoms with E-state index in [0.717, 1.165) is 25.7 Å². The van der Waals surface area contributed by atoms with Crippen LogP contribution in [-0.4, -0.2) is 66.6 Å². The second kappa shape index (κ2) is 8.07. The summed E-state index contributed by atoms with van der Waals surface area (Å²) in [7, 11) is 0. The van der Waals surface area contributed by atoms with Gasteiger partial charge in [0.1, 0.15) is 0 Å². The first-order valence-corrected chi connectivity index (χ1v) is 10.7. The molecule has 0 aromatic heterocycles. The molecule has 9 atom stereocenters. The van der Waals surface area contributed by atoms with Crippen LogP contribution in [-0.2, 0) is 24.0 Å². The summed E-state index contributed by atoms with van der Waals surface area (Å²) in [4.78, 5) is 11.9. The van der Waals surface area contributed by atoms with Crippen LogP contribution in [0.15, 0.2) is 0 Å². The van der Waals surface area contributed by atoms with Crippen LogP contribution in [0.4, 0.5) is 0 Å². The smallest absolute Gasteiger partial charge is 0.201 e. The van der Waals surface area contributed by atoms with E-state index in [2.05, 4.69) is 19.2 Å². The minimum atomic E-state index is -0.795. The summed E-state index contributed by atoms with van der Waals surface area (Å²) in [5.41, 5.74) is -0.589. The van der Waals surface area contributed by atoms with Crippen molar-refractivity contribution < 1.29 is 34.2 Å². The van der Waals surface area contributed by atoms with Gasteiger partial charge in [0.05, 0.1) is 19.3 Å². The normalized spacial score (nSPS) is 48.8. The van der Waals surface area contributed by atoms with Gasteiger partial charge in [-0.1, -0.05) is 13.8 Å². The molecule has 2 bridgehead atoms. The molecule has 0 aromatic carbocycles. The van der Waals surface area contributed by atoms with E-state index < -0.39 is 30.1 Å². The lowest BCUT2D eigenvalue weighted by atomic mass is 9.58. The van der Waals surface area contributed by atoms with E-state index in [9.17, 15) is 5.11 Å². The van der Waals surface area contributed by atoms with Crippen LogP contribution in [0.2, 0.25) is 0 Å². The Balaban J connectivity index is 1.48. The van der Waals surface area contributed by atoms with Crippen LogP contribution >= 0.6 is 0 Å². The summed E-state index contributed by atoms with van der Waals surface area (Å²) >= 11 is 0. The topological polar surface area (TPSA) is 98.6 Å². The molecule has 1 saturated carbocycles. The number of hydrogen-bond donors (Lipinski definition) is 3. The fraction of sp³-hybridized carbons (Fsp3) is 1.00. The zero-order chi connectivity index (χ0) is 19.9. The second-order valence-corrected chi connectivity index (χ2v) is 9.19. The minimum absolute atomic E-state index is 0.0412. The number of aliphatic hydroxyl groups is 2. The van der Waals surface area contributed by atoms with E-state index in [1.165, 1.54) is 0 Å². The Morgan fingerprint density at radius 3 is 2.79 bits per heavy atom. The molecule has 4 saturated heterocycles. The molecular formula is C20H35NO7. The predicted octanol–water partition coefficient (Wildman–Crippen LogP) is 1.15. The third-order valence-electron chi connectivity index (χ3n) is 7.22. The molecule has 162 valence electrons. The Morgan fingerprint density at radius 2 is 2.00 bits per heavy atom. The lowest BCUT2D eigenvalue weighted by molar-refractivity contribution is -0.577. The molecule has 4 heterocycles. The van der Waals surface area contributed by atoms with Gasteiger partial charge < -0.3 is 29.7 Å². The highest BCUT2D eigenvalue weighted by Gasteiger charge is 2.69. The fourth-order valence-electron chi connectivity index (χ4n) is 5.68. The molecular weight excluding hydrogens is 366 g/mol. The molecule has 28 heavy (non-hydrogen) atoms. The van der Waals surface area contributed by atoms with Crippen LogP contribution in [0.5, 0.6) is 0 Å². The maximum atomic E-state index is 10.1. The van der Waals surface area contributed by atoms with Crippen LogP contribution in [0.3, 0.4) is 0 Å². The Hall–Kier alpha value is -0.320. The maximum Gasteiger partial charge on any atom is 0.201 e. The minimum Gasteiger partial charge on any atom is -0.395 e. The van der Waals surface area contributed by atoms with Crippen LogP contribution in [0.25, 0.3) is 0 Å². The molecule has 2 unspecified atom stereocenters. The van der Waals surface area contributed by atoms with Crippen molar-refractivity contribution in [3.8, 4) is 0 Å². The van der Waals surface area contributed by atoms with Crippen molar-refractivity contribution in [3.05, 3.63) is 0 Å². The van der Waals surface area contributed by atoms with Crippen molar-refractivity contribution in [2.75, 3.05) is 26.3 Å². The molecule has 5 rings (SSSR count). The summed E-state index contributed by atoms with van der Waals surface area (Å²) in [5.74, 6) is 0.371. The van der Waals surface area contributed by atoms with E-state index in [-0.39, 0.29) is 25.0 Å². The zero-order valence-electron chi connectivity index (χ0n) is 17.1. The van der Waals surface area contributed by atoms with Gasteiger partial charge >= 0.3 is 0 Å². The van der Waals surface area contributed by atoms with Gasteiger partial charge in [-0.25, -0.2) is 9.78 Å². The number of hydrogen-bond acceptors (Lipinski definition) is 8. The fourth-order valence-corrected chi connectivity index (χ4v) is 5.68. The molecule has 5 fully saturated rings. The van der Waals surface area contributed by atoms with Crippen molar-refractivity contribution in [1.82, 2.24) is 5.32 Å². The van der Waals surface area contributed by atoms with Gasteiger partial charge in [0.2, 0.25) is 5.79 Å².